The van der Waals surface area contributed by atoms with Gasteiger partial charge in [0.2, 0.25) is 0 Å². The van der Waals surface area contributed by atoms with Crippen LogP contribution < -0.4 is 9.64 Å². The summed E-state index contributed by atoms with van der Waals surface area (Å²) in [4.78, 5) is 18.0. The average molecular weight is 281 g/mol. The van der Waals surface area contributed by atoms with Gasteiger partial charge in [-0.3, -0.25) is 4.98 Å². The predicted octanol–water partition coefficient (Wildman–Crippen LogP) is 1.87. The number of nitrogens with zero attached hydrogens (tertiary/aromatic N) is 4. The van der Waals surface area contributed by atoms with Crippen molar-refractivity contribution in [3.63, 3.8) is 0 Å². The van der Waals surface area contributed by atoms with E-state index in [1.165, 1.54) is 0 Å². The largest absolute Gasteiger partial charge is 0.492 e. The van der Waals surface area contributed by atoms with Crippen molar-refractivity contribution in [2.45, 2.75) is 0 Å². The molecule has 1 saturated heterocycles. The fourth-order valence-electron chi connectivity index (χ4n) is 2.61. The molecule has 6 nitrogen and oxygen atoms in total. The number of hydrogen-bond acceptors (Lipinski definition) is 5. The van der Waals surface area contributed by atoms with Crippen LogP contribution in [0.3, 0.4) is 0 Å². The molecule has 3 aromatic heterocycles. The number of aromatic amines is 1. The van der Waals surface area contributed by atoms with Crippen molar-refractivity contribution in [1.29, 1.82) is 0 Å². The van der Waals surface area contributed by atoms with Crippen LogP contribution in [0.25, 0.3) is 11.0 Å². The molecule has 0 aromatic carbocycles. The highest BCUT2D eigenvalue weighted by Crippen LogP contribution is 2.28. The maximum absolute atomic E-state index is 5.74. The van der Waals surface area contributed by atoms with E-state index in [-0.39, 0.29) is 0 Å². The summed E-state index contributed by atoms with van der Waals surface area (Å²) in [6.07, 6.45) is 6.98. The first-order valence-electron chi connectivity index (χ1n) is 6.96. The molecule has 0 atom stereocenters. The smallest absolute Gasteiger partial charge is 0.142 e. The highest BCUT2D eigenvalue weighted by atomic mass is 16.5. The number of anilines is 1. The molecule has 1 aliphatic heterocycles. The molecule has 0 saturated carbocycles. The molecule has 1 aliphatic rings. The fraction of sp³-hybridized carbons (Fsp3) is 0.267. The zero-order valence-electron chi connectivity index (χ0n) is 11.4. The van der Waals surface area contributed by atoms with Gasteiger partial charge in [0.1, 0.15) is 23.5 Å². The highest BCUT2D eigenvalue weighted by Gasteiger charge is 2.29. The van der Waals surface area contributed by atoms with E-state index in [2.05, 4.69) is 24.8 Å². The van der Waals surface area contributed by atoms with E-state index in [0.29, 0.717) is 12.5 Å². The molecule has 6 heteroatoms. The number of pyridine rings is 1. The molecule has 0 radical (unpaired) electrons. The van der Waals surface area contributed by atoms with Crippen LogP contribution in [0, 0.1) is 5.92 Å². The van der Waals surface area contributed by atoms with E-state index >= 15 is 0 Å². The lowest BCUT2D eigenvalue weighted by molar-refractivity contribution is 0.220. The summed E-state index contributed by atoms with van der Waals surface area (Å²) in [6.45, 7) is 2.62. The van der Waals surface area contributed by atoms with Crippen LogP contribution >= 0.6 is 0 Å². The first-order valence-corrected chi connectivity index (χ1v) is 6.96. The van der Waals surface area contributed by atoms with Gasteiger partial charge in [0, 0.05) is 31.4 Å². The lowest BCUT2D eigenvalue weighted by Gasteiger charge is -2.40. The van der Waals surface area contributed by atoms with Crippen molar-refractivity contribution < 1.29 is 4.74 Å². The quantitative estimate of drug-likeness (QED) is 0.790. The van der Waals surface area contributed by atoms with Gasteiger partial charge in [-0.15, -0.1) is 0 Å². The second-order valence-corrected chi connectivity index (χ2v) is 5.21. The molecular formula is C15H15N5O. The van der Waals surface area contributed by atoms with Crippen molar-refractivity contribution in [2.75, 3.05) is 24.6 Å². The SMILES string of the molecule is c1cncc(OCC2CN(c3ncnc4[nH]ccc34)C2)c1. The van der Waals surface area contributed by atoms with E-state index in [1.807, 2.05) is 24.4 Å². The van der Waals surface area contributed by atoms with E-state index in [9.17, 15) is 0 Å². The number of rotatable bonds is 4. The summed E-state index contributed by atoms with van der Waals surface area (Å²) in [5.41, 5.74) is 0.884. The molecular weight excluding hydrogens is 266 g/mol. The second-order valence-electron chi connectivity index (χ2n) is 5.21. The third-order valence-electron chi connectivity index (χ3n) is 3.71. The standard InChI is InChI=1S/C15H15N5O/c1-2-12(6-16-4-1)21-9-11-7-20(8-11)15-13-3-5-17-14(13)18-10-19-15/h1-6,10-11H,7-9H2,(H,17,18,19). The van der Waals surface area contributed by atoms with Gasteiger partial charge in [-0.05, 0) is 18.2 Å². The Bertz CT molecular complexity index is 736. The molecule has 106 valence electrons. The normalized spacial score (nSPS) is 15.1. The lowest BCUT2D eigenvalue weighted by atomic mass is 10.0. The van der Waals surface area contributed by atoms with Gasteiger partial charge in [0.15, 0.2) is 0 Å². The van der Waals surface area contributed by atoms with Gasteiger partial charge in [0.25, 0.3) is 0 Å². The van der Waals surface area contributed by atoms with Gasteiger partial charge in [0.05, 0.1) is 18.2 Å². The summed E-state index contributed by atoms with van der Waals surface area (Å²) >= 11 is 0. The molecule has 1 N–H and O–H groups in total. The van der Waals surface area contributed by atoms with Crippen LogP contribution in [0.1, 0.15) is 0 Å². The van der Waals surface area contributed by atoms with Crippen molar-refractivity contribution in [3.8, 4) is 5.75 Å². The van der Waals surface area contributed by atoms with E-state index in [1.54, 1.807) is 18.7 Å². The number of ether oxygens (including phenoxy) is 1. The Balaban J connectivity index is 1.38. The molecule has 1 fully saturated rings. The Morgan fingerprint density at radius 1 is 1.29 bits per heavy atom. The van der Waals surface area contributed by atoms with Crippen LogP contribution in [0.15, 0.2) is 43.1 Å². The molecule has 0 spiro atoms. The Kier molecular flexibility index (Phi) is 2.92. The van der Waals surface area contributed by atoms with Crippen molar-refractivity contribution >= 4 is 16.9 Å². The van der Waals surface area contributed by atoms with Gasteiger partial charge in [-0.25, -0.2) is 9.97 Å². The summed E-state index contributed by atoms with van der Waals surface area (Å²) in [6, 6.07) is 5.83. The molecule has 4 rings (SSSR count). The van der Waals surface area contributed by atoms with Crippen molar-refractivity contribution in [2.24, 2.45) is 5.92 Å². The van der Waals surface area contributed by atoms with Crippen LogP contribution in [0.2, 0.25) is 0 Å². The van der Waals surface area contributed by atoms with Crippen LogP contribution in [-0.4, -0.2) is 39.6 Å². The fourth-order valence-corrected chi connectivity index (χ4v) is 2.61. The van der Waals surface area contributed by atoms with E-state index < -0.39 is 0 Å². The third kappa shape index (κ3) is 2.29. The third-order valence-corrected chi connectivity index (χ3v) is 3.71. The number of H-pyrrole nitrogens is 1. The Morgan fingerprint density at radius 2 is 2.24 bits per heavy atom. The van der Waals surface area contributed by atoms with Gasteiger partial charge in [-0.1, -0.05) is 0 Å². The average Bonchev–Trinajstić information content (AvgIpc) is 2.96. The topological polar surface area (TPSA) is 66.9 Å². The van der Waals surface area contributed by atoms with E-state index in [0.717, 1.165) is 35.7 Å². The summed E-state index contributed by atoms with van der Waals surface area (Å²) in [5.74, 6) is 2.35. The zero-order valence-corrected chi connectivity index (χ0v) is 11.4. The lowest BCUT2D eigenvalue weighted by Crippen LogP contribution is -2.49. The minimum absolute atomic E-state index is 0.522. The zero-order chi connectivity index (χ0) is 14.1. The van der Waals surface area contributed by atoms with Crippen molar-refractivity contribution in [3.05, 3.63) is 43.1 Å². The van der Waals surface area contributed by atoms with Crippen molar-refractivity contribution in [1.82, 2.24) is 19.9 Å². The summed E-state index contributed by atoms with van der Waals surface area (Å²) < 4.78 is 5.74. The first kappa shape index (κ1) is 12.1. The Labute approximate surface area is 121 Å². The molecule has 3 aromatic rings. The van der Waals surface area contributed by atoms with Gasteiger partial charge < -0.3 is 14.6 Å². The Hall–Kier alpha value is -2.63. The molecule has 0 aliphatic carbocycles. The molecule has 21 heavy (non-hydrogen) atoms. The minimum Gasteiger partial charge on any atom is -0.492 e. The molecule has 4 heterocycles. The van der Waals surface area contributed by atoms with Crippen LogP contribution in [0.4, 0.5) is 5.82 Å². The summed E-state index contributed by atoms with van der Waals surface area (Å²) in [7, 11) is 0. The number of aromatic nitrogens is 4. The van der Waals surface area contributed by atoms with Crippen LogP contribution in [0.5, 0.6) is 5.75 Å². The second kappa shape index (κ2) is 5.05. The minimum atomic E-state index is 0.522. The van der Waals surface area contributed by atoms with Gasteiger partial charge >= 0.3 is 0 Å². The van der Waals surface area contributed by atoms with E-state index in [4.69, 9.17) is 4.74 Å². The highest BCUT2D eigenvalue weighted by molar-refractivity contribution is 5.87. The van der Waals surface area contributed by atoms with Gasteiger partial charge in [-0.2, -0.15) is 0 Å². The maximum atomic E-state index is 5.74. The first-order chi connectivity index (χ1) is 10.4. The monoisotopic (exact) mass is 281 g/mol. The molecule has 0 unspecified atom stereocenters. The number of hydrogen-bond donors (Lipinski definition) is 1. The molecule has 0 bridgehead atoms. The maximum Gasteiger partial charge on any atom is 0.142 e. The van der Waals surface area contributed by atoms with Crippen LogP contribution in [-0.2, 0) is 0 Å². The number of fused-ring (bicyclic) bond motifs is 1. The molecule has 0 amide bonds. The Morgan fingerprint density at radius 3 is 3.10 bits per heavy atom. The number of nitrogens with one attached hydrogen (secondary N) is 1. The predicted molar refractivity (Wildman–Crippen MR) is 79.3 cm³/mol. The summed E-state index contributed by atoms with van der Waals surface area (Å²) in [5, 5.41) is 1.07.